The molecule has 1 aliphatic rings. The van der Waals surface area contributed by atoms with Crippen LogP contribution in [0.1, 0.15) is 34.6 Å². The molecule has 0 unspecified atom stereocenters. The van der Waals surface area contributed by atoms with Crippen molar-refractivity contribution >= 4 is 11.9 Å². The number of para-hydroxylation sites is 1. The Hall–Kier alpha value is -3.22. The Morgan fingerprint density at radius 1 is 1.10 bits per heavy atom. The quantitative estimate of drug-likeness (QED) is 0.738. The highest BCUT2D eigenvalue weighted by Crippen LogP contribution is 2.23. The predicted octanol–water partition coefficient (Wildman–Crippen LogP) is 3.42. The molecule has 0 atom stereocenters. The zero-order valence-electron chi connectivity index (χ0n) is 16.6. The van der Waals surface area contributed by atoms with Gasteiger partial charge in [-0.2, -0.15) is 0 Å². The van der Waals surface area contributed by atoms with Gasteiger partial charge in [0.25, 0.3) is 5.91 Å². The summed E-state index contributed by atoms with van der Waals surface area (Å²) >= 11 is 0. The molecule has 7 heteroatoms. The van der Waals surface area contributed by atoms with Crippen molar-refractivity contribution in [2.24, 2.45) is 0 Å². The number of rotatable bonds is 4. The summed E-state index contributed by atoms with van der Waals surface area (Å²) < 4.78 is 16.1. The second-order valence-corrected chi connectivity index (χ2v) is 7.36. The molecule has 1 aromatic carbocycles. The van der Waals surface area contributed by atoms with Crippen molar-refractivity contribution in [3.8, 4) is 5.69 Å². The van der Waals surface area contributed by atoms with Crippen molar-refractivity contribution < 1.29 is 9.18 Å². The number of nitrogens with zero attached hydrogens (tertiary/aromatic N) is 4. The number of halogens is 1. The van der Waals surface area contributed by atoms with Crippen LogP contribution in [0.3, 0.4) is 0 Å². The average molecular weight is 393 g/mol. The van der Waals surface area contributed by atoms with E-state index < -0.39 is 0 Å². The van der Waals surface area contributed by atoms with Crippen LogP contribution in [-0.2, 0) is 0 Å². The van der Waals surface area contributed by atoms with Gasteiger partial charge in [0.1, 0.15) is 5.82 Å². The first-order valence-electron chi connectivity index (χ1n) is 9.81. The molecule has 4 rings (SSSR count). The zero-order chi connectivity index (χ0) is 20.4. The third-order valence-corrected chi connectivity index (χ3v) is 5.43. The maximum atomic E-state index is 14.3. The summed E-state index contributed by atoms with van der Waals surface area (Å²) in [6, 6.07) is 10.3. The summed E-state index contributed by atoms with van der Waals surface area (Å²) in [6.45, 7) is 5.32. The molecule has 0 saturated carbocycles. The second-order valence-electron chi connectivity index (χ2n) is 7.36. The molecule has 1 fully saturated rings. The number of carbonyl (C=O) groups is 1. The van der Waals surface area contributed by atoms with E-state index in [1.165, 1.54) is 6.07 Å². The molecule has 150 valence electrons. The van der Waals surface area contributed by atoms with Gasteiger partial charge in [-0.3, -0.25) is 4.79 Å². The van der Waals surface area contributed by atoms with Gasteiger partial charge >= 0.3 is 0 Å². The summed E-state index contributed by atoms with van der Waals surface area (Å²) in [5, 5.41) is 3.14. The van der Waals surface area contributed by atoms with Crippen molar-refractivity contribution in [1.29, 1.82) is 0 Å². The Kier molecular flexibility index (Phi) is 5.29. The predicted molar refractivity (Wildman–Crippen MR) is 110 cm³/mol. The lowest BCUT2D eigenvalue weighted by Gasteiger charge is -2.32. The maximum Gasteiger partial charge on any atom is 0.253 e. The van der Waals surface area contributed by atoms with Crippen LogP contribution in [-0.4, -0.2) is 39.6 Å². The number of aromatic nitrogens is 3. The van der Waals surface area contributed by atoms with E-state index in [-0.39, 0.29) is 17.8 Å². The third-order valence-electron chi connectivity index (χ3n) is 5.43. The van der Waals surface area contributed by atoms with Crippen LogP contribution in [0.25, 0.3) is 5.69 Å². The number of aryl methyl sites for hydroxylation is 1. The minimum Gasteiger partial charge on any atom is -0.349 e. The Balaban J connectivity index is 1.45. The van der Waals surface area contributed by atoms with E-state index in [1.807, 2.05) is 19.9 Å². The van der Waals surface area contributed by atoms with E-state index in [0.29, 0.717) is 11.3 Å². The van der Waals surface area contributed by atoms with E-state index in [0.717, 1.165) is 43.3 Å². The molecule has 0 bridgehead atoms. The standard InChI is InChI=1S/C22H24FN5O/c1-15-14-18(16(2)28(15)20-7-4-3-6-19(20)23)21(29)26-17-8-12-27(13-9-17)22-24-10-5-11-25-22/h3-7,10-11,14,17H,8-9,12-13H2,1-2H3,(H,26,29). The number of nitrogens with one attached hydrogen (secondary N) is 1. The fraction of sp³-hybridized carbons (Fsp3) is 0.318. The molecular weight excluding hydrogens is 369 g/mol. The van der Waals surface area contributed by atoms with Crippen LogP contribution >= 0.6 is 0 Å². The first-order chi connectivity index (χ1) is 14.0. The molecule has 0 radical (unpaired) electrons. The summed E-state index contributed by atoms with van der Waals surface area (Å²) in [7, 11) is 0. The molecule has 2 aromatic heterocycles. The minimum atomic E-state index is -0.309. The third kappa shape index (κ3) is 3.85. The second kappa shape index (κ2) is 8.03. The molecule has 0 aliphatic carbocycles. The molecular formula is C22H24FN5O. The van der Waals surface area contributed by atoms with E-state index in [4.69, 9.17) is 0 Å². The topological polar surface area (TPSA) is 63.1 Å². The van der Waals surface area contributed by atoms with Crippen molar-refractivity contribution in [2.75, 3.05) is 18.0 Å². The Morgan fingerprint density at radius 3 is 2.48 bits per heavy atom. The SMILES string of the molecule is Cc1cc(C(=O)NC2CCN(c3ncccn3)CC2)c(C)n1-c1ccccc1F. The van der Waals surface area contributed by atoms with E-state index in [2.05, 4.69) is 20.2 Å². The fourth-order valence-electron chi connectivity index (χ4n) is 3.94. The van der Waals surface area contributed by atoms with Crippen LogP contribution in [0.5, 0.6) is 0 Å². The highest BCUT2D eigenvalue weighted by atomic mass is 19.1. The Labute approximate surface area is 169 Å². The smallest absolute Gasteiger partial charge is 0.253 e. The molecule has 1 amide bonds. The molecule has 3 aromatic rings. The molecule has 1 N–H and O–H groups in total. The van der Waals surface area contributed by atoms with E-state index in [9.17, 15) is 9.18 Å². The number of anilines is 1. The monoisotopic (exact) mass is 393 g/mol. The first kappa shape index (κ1) is 19.1. The Morgan fingerprint density at radius 2 is 1.79 bits per heavy atom. The number of hydrogen-bond donors (Lipinski definition) is 1. The van der Waals surface area contributed by atoms with Crippen LogP contribution in [0, 0.1) is 19.7 Å². The van der Waals surface area contributed by atoms with Crippen LogP contribution in [0.4, 0.5) is 10.3 Å². The summed E-state index contributed by atoms with van der Waals surface area (Å²) in [5.41, 5.74) is 2.60. The van der Waals surface area contributed by atoms with Gasteiger partial charge < -0.3 is 14.8 Å². The molecule has 29 heavy (non-hydrogen) atoms. The highest BCUT2D eigenvalue weighted by Gasteiger charge is 2.24. The number of piperidine rings is 1. The molecule has 6 nitrogen and oxygen atoms in total. The number of hydrogen-bond acceptors (Lipinski definition) is 4. The summed E-state index contributed by atoms with van der Waals surface area (Å²) in [6.07, 6.45) is 5.13. The minimum absolute atomic E-state index is 0.0963. The average Bonchev–Trinajstić information content (AvgIpc) is 3.04. The van der Waals surface area contributed by atoms with Gasteiger partial charge in [0.2, 0.25) is 5.95 Å². The van der Waals surface area contributed by atoms with Crippen LogP contribution < -0.4 is 10.2 Å². The van der Waals surface area contributed by atoms with Crippen molar-refractivity contribution in [1.82, 2.24) is 19.9 Å². The van der Waals surface area contributed by atoms with Gasteiger partial charge in [-0.25, -0.2) is 14.4 Å². The molecule has 0 spiro atoms. The van der Waals surface area contributed by atoms with Crippen LogP contribution in [0.2, 0.25) is 0 Å². The van der Waals surface area contributed by atoms with Gasteiger partial charge in [-0.05, 0) is 51.0 Å². The maximum absolute atomic E-state index is 14.3. The normalized spacial score (nSPS) is 14.8. The molecule has 1 aliphatic heterocycles. The van der Waals surface area contributed by atoms with Gasteiger partial charge in [-0.15, -0.1) is 0 Å². The highest BCUT2D eigenvalue weighted by molar-refractivity contribution is 5.96. The lowest BCUT2D eigenvalue weighted by atomic mass is 10.0. The molecule has 1 saturated heterocycles. The van der Waals surface area contributed by atoms with E-state index >= 15 is 0 Å². The molecule has 3 heterocycles. The lowest BCUT2D eigenvalue weighted by Crippen LogP contribution is -2.45. The number of carbonyl (C=O) groups excluding carboxylic acids is 1. The largest absolute Gasteiger partial charge is 0.349 e. The zero-order valence-corrected chi connectivity index (χ0v) is 16.6. The number of amides is 1. The van der Waals surface area contributed by atoms with Gasteiger partial charge in [0.05, 0.1) is 11.3 Å². The Bertz CT molecular complexity index is 1010. The van der Waals surface area contributed by atoms with Crippen LogP contribution in [0.15, 0.2) is 48.8 Å². The number of benzene rings is 1. The van der Waals surface area contributed by atoms with Gasteiger partial charge in [0.15, 0.2) is 0 Å². The summed E-state index contributed by atoms with van der Waals surface area (Å²) in [4.78, 5) is 23.6. The summed E-state index contributed by atoms with van der Waals surface area (Å²) in [5.74, 6) is 0.303. The van der Waals surface area contributed by atoms with Crippen molar-refractivity contribution in [3.63, 3.8) is 0 Å². The van der Waals surface area contributed by atoms with E-state index in [1.54, 1.807) is 41.2 Å². The fourth-order valence-corrected chi connectivity index (χ4v) is 3.94. The lowest BCUT2D eigenvalue weighted by molar-refractivity contribution is 0.0930. The van der Waals surface area contributed by atoms with Gasteiger partial charge in [-0.1, -0.05) is 12.1 Å². The first-order valence-corrected chi connectivity index (χ1v) is 9.81. The van der Waals surface area contributed by atoms with Crippen molar-refractivity contribution in [2.45, 2.75) is 32.7 Å². The van der Waals surface area contributed by atoms with Gasteiger partial charge in [0, 0.05) is 42.9 Å². The van der Waals surface area contributed by atoms with Crippen molar-refractivity contribution in [3.05, 3.63) is 71.6 Å².